The van der Waals surface area contributed by atoms with Crippen LogP contribution >= 0.6 is 11.6 Å². The molecule has 5 nitrogen and oxygen atoms in total. The average molecular weight is 434 g/mol. The summed E-state index contributed by atoms with van der Waals surface area (Å²) < 4.78 is 39.0. The predicted molar refractivity (Wildman–Crippen MR) is 110 cm³/mol. The van der Waals surface area contributed by atoms with E-state index in [2.05, 4.69) is 16.0 Å². The van der Waals surface area contributed by atoms with Crippen molar-refractivity contribution in [1.82, 2.24) is 0 Å². The largest absolute Gasteiger partial charge is 0.417 e. The number of halogens is 4. The van der Waals surface area contributed by atoms with Crippen LogP contribution in [0.2, 0.25) is 5.02 Å². The monoisotopic (exact) mass is 433 g/mol. The zero-order valence-electron chi connectivity index (χ0n) is 15.3. The molecule has 1 atom stereocenters. The molecule has 4 rings (SSSR count). The van der Waals surface area contributed by atoms with Crippen molar-refractivity contribution in [3.8, 4) is 0 Å². The number of carbonyl (C=O) groups excluding carboxylic acids is 2. The molecule has 0 saturated carbocycles. The van der Waals surface area contributed by atoms with Crippen LogP contribution < -0.4 is 16.0 Å². The zero-order valence-corrected chi connectivity index (χ0v) is 16.1. The van der Waals surface area contributed by atoms with Gasteiger partial charge in [-0.1, -0.05) is 35.9 Å². The minimum absolute atomic E-state index is 0.0591. The number of hydrogen-bond acceptors (Lipinski definition) is 3. The van der Waals surface area contributed by atoms with E-state index in [1.165, 1.54) is 6.07 Å². The Kier molecular flexibility index (Phi) is 5.03. The van der Waals surface area contributed by atoms with Crippen LogP contribution in [0.25, 0.3) is 10.8 Å². The van der Waals surface area contributed by atoms with Crippen molar-refractivity contribution in [1.29, 1.82) is 0 Å². The molecule has 0 radical (unpaired) electrons. The maximum absolute atomic E-state index is 13.0. The molecule has 1 unspecified atom stereocenters. The van der Waals surface area contributed by atoms with Crippen molar-refractivity contribution in [3.63, 3.8) is 0 Å². The van der Waals surface area contributed by atoms with E-state index in [0.717, 1.165) is 22.9 Å². The lowest BCUT2D eigenvalue weighted by Gasteiger charge is -2.17. The molecular formula is C21H15ClF3N3O2. The SMILES string of the molecule is O=C(CC1Nc2cccc3cccc(c23)NC1=O)Nc1ccc(Cl)c(C(F)(F)F)c1. The van der Waals surface area contributed by atoms with Gasteiger partial charge in [-0.15, -0.1) is 0 Å². The smallest absolute Gasteiger partial charge is 0.373 e. The first-order chi connectivity index (χ1) is 14.2. The maximum Gasteiger partial charge on any atom is 0.417 e. The highest BCUT2D eigenvalue weighted by Crippen LogP contribution is 2.36. The molecule has 0 spiro atoms. The van der Waals surface area contributed by atoms with Crippen LogP contribution in [0.5, 0.6) is 0 Å². The minimum Gasteiger partial charge on any atom is -0.373 e. The summed E-state index contributed by atoms with van der Waals surface area (Å²) in [6.07, 6.45) is -4.93. The second-order valence-electron chi connectivity index (χ2n) is 6.84. The van der Waals surface area contributed by atoms with Crippen molar-refractivity contribution in [2.75, 3.05) is 16.0 Å². The molecule has 3 aromatic carbocycles. The molecule has 0 bridgehead atoms. The molecule has 1 aliphatic rings. The second-order valence-corrected chi connectivity index (χ2v) is 7.25. The molecule has 3 aromatic rings. The van der Waals surface area contributed by atoms with Crippen LogP contribution in [0.1, 0.15) is 12.0 Å². The number of nitrogens with one attached hydrogen (secondary N) is 3. The van der Waals surface area contributed by atoms with E-state index < -0.39 is 34.6 Å². The zero-order chi connectivity index (χ0) is 21.5. The predicted octanol–water partition coefficient (Wildman–Crippen LogP) is 5.27. The van der Waals surface area contributed by atoms with E-state index in [9.17, 15) is 22.8 Å². The van der Waals surface area contributed by atoms with Crippen molar-refractivity contribution in [2.24, 2.45) is 0 Å². The van der Waals surface area contributed by atoms with Crippen molar-refractivity contribution in [3.05, 3.63) is 65.2 Å². The highest BCUT2D eigenvalue weighted by Gasteiger charge is 2.33. The van der Waals surface area contributed by atoms with Gasteiger partial charge in [-0.2, -0.15) is 13.2 Å². The van der Waals surface area contributed by atoms with Gasteiger partial charge in [0.05, 0.1) is 22.7 Å². The Morgan fingerprint density at radius 3 is 2.47 bits per heavy atom. The summed E-state index contributed by atoms with van der Waals surface area (Å²) in [5.74, 6) is -1.03. The summed E-state index contributed by atoms with van der Waals surface area (Å²) in [6, 6.07) is 13.2. The van der Waals surface area contributed by atoms with Gasteiger partial charge in [0.25, 0.3) is 0 Å². The number of carbonyl (C=O) groups is 2. The first-order valence-corrected chi connectivity index (χ1v) is 9.36. The molecule has 154 valence electrons. The molecule has 1 heterocycles. The summed E-state index contributed by atoms with van der Waals surface area (Å²) in [5.41, 5.74) is 0.201. The van der Waals surface area contributed by atoms with Crippen LogP contribution in [-0.4, -0.2) is 17.9 Å². The van der Waals surface area contributed by atoms with Gasteiger partial charge in [0.1, 0.15) is 6.04 Å². The summed E-state index contributed by atoms with van der Waals surface area (Å²) in [6.45, 7) is 0. The van der Waals surface area contributed by atoms with E-state index >= 15 is 0 Å². The van der Waals surface area contributed by atoms with Gasteiger partial charge in [-0.25, -0.2) is 0 Å². The quantitative estimate of drug-likeness (QED) is 0.526. The Labute approximate surface area is 174 Å². The molecule has 30 heavy (non-hydrogen) atoms. The topological polar surface area (TPSA) is 70.2 Å². The Balaban J connectivity index is 1.54. The lowest BCUT2D eigenvalue weighted by atomic mass is 10.1. The van der Waals surface area contributed by atoms with Crippen LogP contribution in [0.4, 0.5) is 30.2 Å². The van der Waals surface area contributed by atoms with Gasteiger partial charge >= 0.3 is 6.18 Å². The summed E-state index contributed by atoms with van der Waals surface area (Å²) in [4.78, 5) is 25.1. The fourth-order valence-corrected chi connectivity index (χ4v) is 3.62. The Morgan fingerprint density at radius 1 is 1.07 bits per heavy atom. The van der Waals surface area contributed by atoms with Crippen LogP contribution in [0.15, 0.2) is 54.6 Å². The van der Waals surface area contributed by atoms with Crippen molar-refractivity contribution >= 4 is 51.2 Å². The molecule has 0 saturated heterocycles. The summed E-state index contributed by atoms with van der Waals surface area (Å²) in [7, 11) is 0. The molecule has 3 N–H and O–H groups in total. The fraction of sp³-hybridized carbons (Fsp3) is 0.143. The average Bonchev–Trinajstić information content (AvgIpc) is 2.81. The molecule has 2 amide bonds. The number of amides is 2. The first kappa shape index (κ1) is 20.0. The van der Waals surface area contributed by atoms with Crippen LogP contribution in [0.3, 0.4) is 0 Å². The number of hydrogen-bond donors (Lipinski definition) is 3. The van der Waals surface area contributed by atoms with Crippen LogP contribution in [-0.2, 0) is 15.8 Å². The standard InChI is InChI=1S/C21H15ClF3N3O2/c22-14-8-7-12(9-13(14)21(23,24)25)26-18(29)10-17-20(30)28-16-6-2-4-11-3-1-5-15(27-17)19(11)16/h1-9,17,27H,10H2,(H,26,29)(H,28,30). The molecule has 0 fully saturated rings. The van der Waals surface area contributed by atoms with Gasteiger partial charge in [0.15, 0.2) is 0 Å². The van der Waals surface area contributed by atoms with Gasteiger partial charge < -0.3 is 16.0 Å². The van der Waals surface area contributed by atoms with E-state index in [1.54, 1.807) is 12.1 Å². The summed E-state index contributed by atoms with van der Waals surface area (Å²) >= 11 is 5.60. The lowest BCUT2D eigenvalue weighted by molar-refractivity contribution is -0.137. The van der Waals surface area contributed by atoms with E-state index in [1.807, 2.05) is 24.3 Å². The molecule has 9 heteroatoms. The number of anilines is 3. The number of rotatable bonds is 3. The molecule has 0 aliphatic carbocycles. The highest BCUT2D eigenvalue weighted by molar-refractivity contribution is 6.31. The molecule has 0 aromatic heterocycles. The summed E-state index contributed by atoms with van der Waals surface area (Å²) in [5, 5.41) is 9.54. The van der Waals surface area contributed by atoms with Gasteiger partial charge in [0.2, 0.25) is 11.8 Å². The lowest BCUT2D eigenvalue weighted by Crippen LogP contribution is -2.36. The maximum atomic E-state index is 13.0. The number of alkyl halides is 3. The van der Waals surface area contributed by atoms with Crippen LogP contribution in [0, 0.1) is 0 Å². The van der Waals surface area contributed by atoms with Gasteiger partial charge in [0, 0.05) is 16.8 Å². The molecular weight excluding hydrogens is 419 g/mol. The van der Waals surface area contributed by atoms with E-state index in [-0.39, 0.29) is 12.1 Å². The second kappa shape index (κ2) is 7.53. The first-order valence-electron chi connectivity index (χ1n) is 8.98. The van der Waals surface area contributed by atoms with Crippen molar-refractivity contribution in [2.45, 2.75) is 18.6 Å². The third-order valence-corrected chi connectivity index (χ3v) is 5.08. The van der Waals surface area contributed by atoms with Gasteiger partial charge in [-0.05, 0) is 35.7 Å². The number of benzene rings is 3. The third-order valence-electron chi connectivity index (χ3n) is 4.75. The Bertz CT molecular complexity index is 1160. The Hall–Kier alpha value is -3.26. The minimum atomic E-state index is -4.65. The molecule has 1 aliphatic heterocycles. The fourth-order valence-electron chi connectivity index (χ4n) is 3.40. The van der Waals surface area contributed by atoms with E-state index in [4.69, 9.17) is 11.6 Å². The van der Waals surface area contributed by atoms with E-state index in [0.29, 0.717) is 11.4 Å². The highest BCUT2D eigenvalue weighted by atomic mass is 35.5. The Morgan fingerprint density at radius 2 is 1.77 bits per heavy atom. The normalized spacial score (nSPS) is 15.9. The third kappa shape index (κ3) is 3.91. The van der Waals surface area contributed by atoms with Crippen molar-refractivity contribution < 1.29 is 22.8 Å². The van der Waals surface area contributed by atoms with Gasteiger partial charge in [-0.3, -0.25) is 9.59 Å².